The fourth-order valence-corrected chi connectivity index (χ4v) is 4.03. The van der Waals surface area contributed by atoms with E-state index in [1.807, 2.05) is 67.6 Å². The van der Waals surface area contributed by atoms with Gasteiger partial charge in [-0.15, -0.1) is 0 Å². The van der Waals surface area contributed by atoms with Crippen LogP contribution < -0.4 is 5.32 Å². The lowest BCUT2D eigenvalue weighted by molar-refractivity contribution is -0.140. The van der Waals surface area contributed by atoms with Crippen LogP contribution in [-0.4, -0.2) is 11.8 Å². The van der Waals surface area contributed by atoms with Crippen LogP contribution in [-0.2, 0) is 20.9 Å². The van der Waals surface area contributed by atoms with E-state index in [9.17, 15) is 9.59 Å². The lowest BCUT2D eigenvalue weighted by atomic mass is 9.75. The van der Waals surface area contributed by atoms with Crippen LogP contribution in [0.5, 0.6) is 0 Å². The zero-order chi connectivity index (χ0) is 19.5. The molecule has 1 heterocycles. The first kappa shape index (κ1) is 18.2. The van der Waals surface area contributed by atoms with Crippen molar-refractivity contribution >= 4 is 11.8 Å². The van der Waals surface area contributed by atoms with E-state index in [2.05, 4.69) is 5.32 Å². The van der Waals surface area contributed by atoms with Gasteiger partial charge in [0.2, 0.25) is 0 Å². The van der Waals surface area contributed by atoms with Gasteiger partial charge in [-0.25, -0.2) is 4.79 Å². The summed E-state index contributed by atoms with van der Waals surface area (Å²) < 4.78 is 5.63. The Morgan fingerprint density at radius 2 is 1.71 bits per heavy atom. The van der Waals surface area contributed by atoms with Crippen molar-refractivity contribution in [3.8, 4) is 0 Å². The van der Waals surface area contributed by atoms with Crippen molar-refractivity contribution in [2.45, 2.75) is 38.7 Å². The average Bonchev–Trinajstić information content (AvgIpc) is 2.72. The van der Waals surface area contributed by atoms with Gasteiger partial charge in [-0.2, -0.15) is 0 Å². The average molecular weight is 373 g/mol. The second kappa shape index (κ2) is 7.85. The number of allylic oxidation sites excluding steroid dienone is 3. The highest BCUT2D eigenvalue weighted by Gasteiger charge is 2.38. The highest BCUT2D eigenvalue weighted by atomic mass is 16.5. The van der Waals surface area contributed by atoms with Crippen LogP contribution in [0.15, 0.2) is 83.2 Å². The second-order valence-corrected chi connectivity index (χ2v) is 7.24. The standard InChI is InChI=1S/C24H23NO3/c1-16-21(24(27)28-15-17-9-4-2-5-10-17)22(18-11-6-3-7-12-18)23-19(25-16)13-8-14-20(23)26/h2-7,9-12,22,25H,8,13-15H2,1H3. The van der Waals surface area contributed by atoms with Crippen molar-refractivity contribution in [1.29, 1.82) is 0 Å². The van der Waals surface area contributed by atoms with Crippen molar-refractivity contribution in [2.75, 3.05) is 0 Å². The van der Waals surface area contributed by atoms with Gasteiger partial charge in [0.05, 0.1) is 5.57 Å². The molecule has 0 fully saturated rings. The highest BCUT2D eigenvalue weighted by molar-refractivity contribution is 6.03. The molecule has 1 aliphatic carbocycles. The quantitative estimate of drug-likeness (QED) is 0.807. The van der Waals surface area contributed by atoms with E-state index >= 15 is 0 Å². The van der Waals surface area contributed by atoms with Gasteiger partial charge in [-0.3, -0.25) is 4.79 Å². The minimum atomic E-state index is -0.382. The maximum absolute atomic E-state index is 13.1. The van der Waals surface area contributed by atoms with Crippen molar-refractivity contribution < 1.29 is 14.3 Å². The van der Waals surface area contributed by atoms with Gasteiger partial charge < -0.3 is 10.1 Å². The molecule has 2 aromatic carbocycles. The Balaban J connectivity index is 1.69. The molecule has 0 bridgehead atoms. The third kappa shape index (κ3) is 3.50. The molecule has 2 aliphatic rings. The summed E-state index contributed by atoms with van der Waals surface area (Å²) in [4.78, 5) is 25.9. The first-order chi connectivity index (χ1) is 13.6. The van der Waals surface area contributed by atoms with E-state index in [0.29, 0.717) is 12.0 Å². The number of nitrogens with one attached hydrogen (secondary N) is 1. The Morgan fingerprint density at radius 3 is 2.43 bits per heavy atom. The monoisotopic (exact) mass is 373 g/mol. The van der Waals surface area contributed by atoms with Crippen LogP contribution in [0.25, 0.3) is 0 Å². The molecule has 0 aromatic heterocycles. The smallest absolute Gasteiger partial charge is 0.337 e. The van der Waals surface area contributed by atoms with Crippen LogP contribution >= 0.6 is 0 Å². The molecule has 1 unspecified atom stereocenters. The Morgan fingerprint density at radius 1 is 1.04 bits per heavy atom. The minimum absolute atomic E-state index is 0.114. The molecule has 0 saturated carbocycles. The Hall–Kier alpha value is -3.14. The van der Waals surface area contributed by atoms with Crippen molar-refractivity contribution in [1.82, 2.24) is 5.32 Å². The number of carbonyl (C=O) groups is 2. The summed E-state index contributed by atoms with van der Waals surface area (Å²) in [5, 5.41) is 3.32. The molecule has 4 heteroatoms. The van der Waals surface area contributed by atoms with E-state index in [0.717, 1.165) is 40.9 Å². The molecule has 0 spiro atoms. The Kier molecular flexibility index (Phi) is 5.11. The van der Waals surface area contributed by atoms with Crippen LogP contribution in [0.4, 0.5) is 0 Å². The summed E-state index contributed by atoms with van der Waals surface area (Å²) in [6.07, 6.45) is 2.19. The third-order valence-corrected chi connectivity index (χ3v) is 5.34. The number of Topliss-reactive ketones (excluding diaryl/α,β-unsaturated/α-hetero) is 1. The van der Waals surface area contributed by atoms with Crippen molar-refractivity contribution in [3.05, 3.63) is 94.3 Å². The van der Waals surface area contributed by atoms with E-state index < -0.39 is 0 Å². The van der Waals surface area contributed by atoms with Crippen molar-refractivity contribution in [3.63, 3.8) is 0 Å². The summed E-state index contributed by atoms with van der Waals surface area (Å²) in [6, 6.07) is 19.4. The molecule has 28 heavy (non-hydrogen) atoms. The maximum atomic E-state index is 13.1. The van der Waals surface area contributed by atoms with Gasteiger partial charge in [-0.1, -0.05) is 60.7 Å². The Bertz CT molecular complexity index is 958. The first-order valence-electron chi connectivity index (χ1n) is 9.65. The number of hydrogen-bond donors (Lipinski definition) is 1. The van der Waals surface area contributed by atoms with Crippen LogP contribution in [0.2, 0.25) is 0 Å². The van der Waals surface area contributed by atoms with Gasteiger partial charge in [0.1, 0.15) is 6.61 Å². The number of hydrogen-bond acceptors (Lipinski definition) is 4. The van der Waals surface area contributed by atoms with E-state index in [4.69, 9.17) is 4.74 Å². The normalized spacial score (nSPS) is 19.2. The Labute approximate surface area is 164 Å². The summed E-state index contributed by atoms with van der Waals surface area (Å²) in [5.74, 6) is -0.649. The summed E-state index contributed by atoms with van der Waals surface area (Å²) in [5.41, 5.74) is 4.83. The molecule has 1 atom stereocenters. The summed E-state index contributed by atoms with van der Waals surface area (Å²) in [6.45, 7) is 2.09. The number of rotatable bonds is 4. The van der Waals surface area contributed by atoms with E-state index in [1.165, 1.54) is 0 Å². The van der Waals surface area contributed by atoms with Crippen LogP contribution in [0.1, 0.15) is 43.2 Å². The van der Waals surface area contributed by atoms with Gasteiger partial charge in [-0.05, 0) is 30.9 Å². The third-order valence-electron chi connectivity index (χ3n) is 5.34. The molecule has 0 amide bonds. The maximum Gasteiger partial charge on any atom is 0.337 e. The van der Waals surface area contributed by atoms with E-state index in [-0.39, 0.29) is 24.3 Å². The predicted octanol–water partition coefficient (Wildman–Crippen LogP) is 4.40. The zero-order valence-corrected chi connectivity index (χ0v) is 15.9. The number of benzene rings is 2. The van der Waals surface area contributed by atoms with Gasteiger partial charge in [0, 0.05) is 29.3 Å². The van der Waals surface area contributed by atoms with Crippen LogP contribution in [0, 0.1) is 0 Å². The second-order valence-electron chi connectivity index (χ2n) is 7.24. The molecule has 0 saturated heterocycles. The van der Waals surface area contributed by atoms with Gasteiger partial charge in [0.25, 0.3) is 0 Å². The zero-order valence-electron chi connectivity index (χ0n) is 15.9. The lowest BCUT2D eigenvalue weighted by Crippen LogP contribution is -2.34. The molecule has 4 rings (SSSR count). The number of ether oxygens (including phenoxy) is 1. The molecule has 142 valence electrons. The fourth-order valence-electron chi connectivity index (χ4n) is 4.03. The lowest BCUT2D eigenvalue weighted by Gasteiger charge is -2.34. The molecule has 0 radical (unpaired) electrons. The van der Waals surface area contributed by atoms with E-state index in [1.54, 1.807) is 0 Å². The highest BCUT2D eigenvalue weighted by Crippen LogP contribution is 2.42. The molecule has 4 nitrogen and oxygen atoms in total. The largest absolute Gasteiger partial charge is 0.457 e. The molecular weight excluding hydrogens is 350 g/mol. The van der Waals surface area contributed by atoms with Gasteiger partial charge in [0.15, 0.2) is 5.78 Å². The number of esters is 1. The van der Waals surface area contributed by atoms with Gasteiger partial charge >= 0.3 is 5.97 Å². The number of dihydropyridines is 1. The predicted molar refractivity (Wildman–Crippen MR) is 107 cm³/mol. The molecular formula is C24H23NO3. The van der Waals surface area contributed by atoms with Crippen LogP contribution in [0.3, 0.4) is 0 Å². The number of carbonyl (C=O) groups excluding carboxylic acids is 2. The molecule has 1 aliphatic heterocycles. The number of ketones is 1. The minimum Gasteiger partial charge on any atom is -0.457 e. The fraction of sp³-hybridized carbons (Fsp3) is 0.250. The first-order valence-corrected chi connectivity index (χ1v) is 9.65. The molecule has 2 aromatic rings. The summed E-state index contributed by atoms with van der Waals surface area (Å²) in [7, 11) is 0. The topological polar surface area (TPSA) is 55.4 Å². The molecule has 1 N–H and O–H groups in total. The van der Waals surface area contributed by atoms with Crippen molar-refractivity contribution in [2.24, 2.45) is 0 Å². The SMILES string of the molecule is CC1=C(C(=O)OCc2ccccc2)C(c2ccccc2)C2=C(CCCC2=O)N1. The summed E-state index contributed by atoms with van der Waals surface area (Å²) >= 11 is 0.